The highest BCUT2D eigenvalue weighted by Gasteiger charge is 2.30. The maximum absolute atomic E-state index is 3.87. The van der Waals surface area contributed by atoms with Crippen LogP contribution in [0.3, 0.4) is 0 Å². The third kappa shape index (κ3) is 5.37. The molecule has 2 unspecified atom stereocenters. The number of thiophene rings is 2. The van der Waals surface area contributed by atoms with E-state index in [2.05, 4.69) is 203 Å². The second kappa shape index (κ2) is 13.2. The van der Waals surface area contributed by atoms with E-state index < -0.39 is 0 Å². The van der Waals surface area contributed by atoms with E-state index >= 15 is 0 Å². The van der Waals surface area contributed by atoms with Gasteiger partial charge >= 0.3 is 0 Å². The van der Waals surface area contributed by atoms with Gasteiger partial charge in [-0.15, -0.1) is 22.7 Å². The van der Waals surface area contributed by atoms with Gasteiger partial charge in [-0.3, -0.25) is 16.0 Å². The Labute approximate surface area is 337 Å². The maximum atomic E-state index is 3.87. The Hall–Kier alpha value is -6.12. The summed E-state index contributed by atoms with van der Waals surface area (Å²) in [5.74, 6) is 0. The highest BCUT2D eigenvalue weighted by molar-refractivity contribution is 7.27. The van der Waals surface area contributed by atoms with Crippen molar-refractivity contribution < 1.29 is 0 Å². The number of fused-ring (bicyclic) bond motifs is 9. The van der Waals surface area contributed by atoms with E-state index in [1.165, 1.54) is 95.7 Å². The summed E-state index contributed by atoms with van der Waals surface area (Å²) in [7, 11) is 0. The van der Waals surface area contributed by atoms with Crippen LogP contribution in [0.2, 0.25) is 0 Å². The molecule has 0 radical (unpaired) electrons. The van der Waals surface area contributed by atoms with Crippen molar-refractivity contribution in [1.29, 1.82) is 0 Å². The predicted molar refractivity (Wildman–Crippen MR) is 243 cm³/mol. The summed E-state index contributed by atoms with van der Waals surface area (Å²) >= 11 is 3.81. The first-order valence-corrected chi connectivity index (χ1v) is 21.2. The van der Waals surface area contributed by atoms with Gasteiger partial charge in [-0.05, 0) is 53.1 Å². The van der Waals surface area contributed by atoms with Gasteiger partial charge in [-0.1, -0.05) is 146 Å². The zero-order valence-corrected chi connectivity index (χ0v) is 32.4. The van der Waals surface area contributed by atoms with Crippen LogP contribution in [-0.2, 0) is 0 Å². The summed E-state index contributed by atoms with van der Waals surface area (Å²) in [6, 6.07) is 66.5. The van der Waals surface area contributed by atoms with E-state index in [-0.39, 0.29) is 18.5 Å². The quantitative estimate of drug-likeness (QED) is 0.163. The molecule has 3 aromatic heterocycles. The molecule has 1 aliphatic heterocycles. The lowest BCUT2D eigenvalue weighted by Gasteiger charge is -2.39. The fourth-order valence-electron chi connectivity index (χ4n) is 9.06. The molecule has 1 saturated heterocycles. The van der Waals surface area contributed by atoms with Crippen LogP contribution in [0.5, 0.6) is 0 Å². The van der Waals surface area contributed by atoms with Gasteiger partial charge in [-0.25, -0.2) is 0 Å². The third-order valence-electron chi connectivity index (χ3n) is 11.7. The molecule has 0 saturated carbocycles. The first-order chi connectivity index (χ1) is 28.2. The molecule has 1 fully saturated rings. The minimum absolute atomic E-state index is 0.0102. The monoisotopic (exact) mass is 768 g/mol. The average molecular weight is 769 g/mol. The fraction of sp³-hybridized carbons (Fsp3) is 0.0588. The Morgan fingerprint density at radius 3 is 1.47 bits per heavy atom. The highest BCUT2D eigenvalue weighted by atomic mass is 32.1. The number of nitrogens with zero attached hydrogens (tertiary/aromatic N) is 1. The number of nitrogens with one attached hydrogen (secondary N) is 3. The lowest BCUT2D eigenvalue weighted by Crippen LogP contribution is -2.54. The van der Waals surface area contributed by atoms with Crippen LogP contribution < -0.4 is 16.0 Å². The van der Waals surface area contributed by atoms with Crippen molar-refractivity contribution in [2.75, 3.05) is 0 Å². The van der Waals surface area contributed by atoms with Gasteiger partial charge in [0.15, 0.2) is 0 Å². The molecule has 0 aliphatic carbocycles. The Morgan fingerprint density at radius 1 is 0.351 bits per heavy atom. The number of benzene rings is 8. The summed E-state index contributed by atoms with van der Waals surface area (Å²) in [5.41, 5.74) is 9.91. The summed E-state index contributed by atoms with van der Waals surface area (Å²) in [6.07, 6.45) is -0.0723. The van der Waals surface area contributed by atoms with Crippen molar-refractivity contribution in [3.05, 3.63) is 199 Å². The van der Waals surface area contributed by atoms with Crippen LogP contribution in [0.15, 0.2) is 182 Å². The Kier molecular flexibility index (Phi) is 7.68. The van der Waals surface area contributed by atoms with E-state index in [4.69, 9.17) is 0 Å². The smallest absolute Gasteiger partial charge is 0.0864 e. The van der Waals surface area contributed by atoms with Crippen LogP contribution in [-0.4, -0.2) is 4.57 Å². The molecule has 0 amide bonds. The normalized spacial score (nSPS) is 17.4. The molecule has 12 rings (SSSR count). The van der Waals surface area contributed by atoms with Crippen molar-refractivity contribution in [2.45, 2.75) is 18.5 Å². The molecule has 11 aromatic rings. The molecule has 4 heterocycles. The van der Waals surface area contributed by atoms with Crippen molar-refractivity contribution in [3.63, 3.8) is 0 Å². The van der Waals surface area contributed by atoms with Crippen molar-refractivity contribution in [1.82, 2.24) is 20.5 Å². The van der Waals surface area contributed by atoms with Gasteiger partial charge in [0.05, 0.1) is 29.5 Å². The van der Waals surface area contributed by atoms with E-state index in [0.717, 1.165) is 0 Å². The zero-order valence-electron chi connectivity index (χ0n) is 30.8. The standard InChI is InChI=1S/C51H36N4S2/c1-3-13-31(14-4-1)49-52-50(32-15-5-2-6-16-32)54-51(53-49)33-25-28-45-42(29-33)41-22-12-21-40(48(41)56-45)39-20-11-19-38-37-27-26-34(30-46(37)57-47(38)39)55-43-23-9-7-17-35(43)36-18-8-10-24-44(36)55/h1-30,49-54H. The number of hydrogen-bond acceptors (Lipinski definition) is 5. The second-order valence-electron chi connectivity index (χ2n) is 15.0. The van der Waals surface area contributed by atoms with Gasteiger partial charge in [0.2, 0.25) is 0 Å². The van der Waals surface area contributed by atoms with Gasteiger partial charge < -0.3 is 4.57 Å². The van der Waals surface area contributed by atoms with Crippen LogP contribution in [0, 0.1) is 0 Å². The summed E-state index contributed by atoms with van der Waals surface area (Å²) in [4.78, 5) is 0. The van der Waals surface area contributed by atoms with Crippen molar-refractivity contribution in [3.8, 4) is 16.8 Å². The Morgan fingerprint density at radius 2 is 0.860 bits per heavy atom. The average Bonchev–Trinajstić information content (AvgIpc) is 3.96. The lowest BCUT2D eigenvalue weighted by atomic mass is 9.99. The molecular formula is C51H36N4S2. The van der Waals surface area contributed by atoms with E-state index in [9.17, 15) is 0 Å². The molecule has 0 spiro atoms. The third-order valence-corrected chi connectivity index (χ3v) is 14.2. The van der Waals surface area contributed by atoms with Crippen LogP contribution in [0.25, 0.3) is 79.0 Å². The van der Waals surface area contributed by atoms with Crippen molar-refractivity contribution >= 4 is 84.8 Å². The number of para-hydroxylation sites is 2. The summed E-state index contributed by atoms with van der Waals surface area (Å²) < 4.78 is 7.68. The van der Waals surface area contributed by atoms with Gasteiger partial charge in [0, 0.05) is 67.9 Å². The number of rotatable bonds is 5. The van der Waals surface area contributed by atoms with Crippen LogP contribution in [0.1, 0.15) is 35.2 Å². The van der Waals surface area contributed by atoms with E-state index in [0.29, 0.717) is 0 Å². The number of aromatic nitrogens is 1. The highest BCUT2D eigenvalue weighted by Crippen LogP contribution is 2.46. The predicted octanol–water partition coefficient (Wildman–Crippen LogP) is 13.4. The lowest BCUT2D eigenvalue weighted by molar-refractivity contribution is 0.203. The minimum Gasteiger partial charge on any atom is -0.309 e. The summed E-state index contributed by atoms with van der Waals surface area (Å²) in [6.45, 7) is 0. The maximum Gasteiger partial charge on any atom is 0.0864 e. The van der Waals surface area contributed by atoms with E-state index in [1.54, 1.807) is 0 Å². The fourth-order valence-corrected chi connectivity index (χ4v) is 11.5. The van der Waals surface area contributed by atoms with Gasteiger partial charge in [-0.2, -0.15) is 0 Å². The molecule has 6 heteroatoms. The summed E-state index contributed by atoms with van der Waals surface area (Å²) in [5, 5.41) is 19.3. The van der Waals surface area contributed by atoms with Crippen molar-refractivity contribution in [2.24, 2.45) is 0 Å². The minimum atomic E-state index is -0.0519. The first kappa shape index (κ1) is 33.1. The van der Waals surface area contributed by atoms with Gasteiger partial charge in [0.1, 0.15) is 0 Å². The molecule has 0 bridgehead atoms. The molecule has 4 nitrogen and oxygen atoms in total. The Balaban J connectivity index is 0.955. The molecule has 57 heavy (non-hydrogen) atoms. The second-order valence-corrected chi connectivity index (χ2v) is 17.1. The molecule has 8 aromatic carbocycles. The SMILES string of the molecule is c1ccc(C2NC(c3ccccc3)NC(c3ccc4sc5c(-c6cccc7c6sc6cc(-n8c9ccccc9c9ccccc98)ccc67)cccc5c4c3)N2)cc1. The molecule has 3 N–H and O–H groups in total. The van der Waals surface area contributed by atoms with Gasteiger partial charge in [0.25, 0.3) is 0 Å². The Bertz CT molecular complexity index is 3210. The molecule has 2 atom stereocenters. The largest absolute Gasteiger partial charge is 0.309 e. The molecular weight excluding hydrogens is 733 g/mol. The number of hydrogen-bond donors (Lipinski definition) is 3. The van der Waals surface area contributed by atoms with Crippen LogP contribution in [0.4, 0.5) is 0 Å². The zero-order chi connectivity index (χ0) is 37.5. The molecule has 272 valence electrons. The first-order valence-electron chi connectivity index (χ1n) is 19.5. The topological polar surface area (TPSA) is 41.0 Å². The molecule has 1 aliphatic rings. The van der Waals surface area contributed by atoms with E-state index in [1.807, 2.05) is 22.7 Å². The van der Waals surface area contributed by atoms with Crippen LogP contribution >= 0.6 is 22.7 Å².